The lowest BCUT2D eigenvalue weighted by Gasteiger charge is -2.39. The van der Waals surface area contributed by atoms with Gasteiger partial charge in [-0.25, -0.2) is 4.79 Å². The van der Waals surface area contributed by atoms with Crippen LogP contribution in [0.4, 0.5) is 4.79 Å². The van der Waals surface area contributed by atoms with Crippen molar-refractivity contribution >= 4 is 6.09 Å². The van der Waals surface area contributed by atoms with Crippen LogP contribution in [0.15, 0.2) is 0 Å². The number of β-amino-alcohol motifs (C(OH)–C–C–N with tert-alkyl or cyclic N) is 1. The van der Waals surface area contributed by atoms with E-state index in [0.29, 0.717) is 12.6 Å². The molecule has 0 aromatic heterocycles. The Hall–Kier alpha value is -0.810. The fourth-order valence-corrected chi connectivity index (χ4v) is 3.23. The summed E-state index contributed by atoms with van der Waals surface area (Å²) in [7, 11) is 0. The zero-order chi connectivity index (χ0) is 14.0. The lowest BCUT2D eigenvalue weighted by Crippen LogP contribution is -2.52. The monoisotopic (exact) mass is 270 g/mol. The highest BCUT2D eigenvalue weighted by Crippen LogP contribution is 2.31. The Bertz CT molecular complexity index is 325. The number of amides is 1. The van der Waals surface area contributed by atoms with Crippen molar-refractivity contribution in [3.63, 3.8) is 0 Å². The van der Waals surface area contributed by atoms with E-state index >= 15 is 0 Å². The molecular formula is C14H26N2O3. The maximum absolute atomic E-state index is 12.2. The third-order valence-corrected chi connectivity index (χ3v) is 3.94. The molecule has 0 radical (unpaired) electrons. The minimum Gasteiger partial charge on any atom is -0.444 e. The van der Waals surface area contributed by atoms with E-state index in [4.69, 9.17) is 9.84 Å². The van der Waals surface area contributed by atoms with Gasteiger partial charge in [0.1, 0.15) is 5.60 Å². The number of hydrogen-bond donors (Lipinski definition) is 1. The van der Waals surface area contributed by atoms with E-state index in [1.54, 1.807) is 0 Å². The number of hydrogen-bond acceptors (Lipinski definition) is 4. The summed E-state index contributed by atoms with van der Waals surface area (Å²) in [6.07, 6.45) is 2.93. The molecule has 2 aliphatic heterocycles. The Balaban J connectivity index is 2.00. The van der Waals surface area contributed by atoms with Crippen molar-refractivity contribution < 1.29 is 14.6 Å². The van der Waals surface area contributed by atoms with Gasteiger partial charge in [0.15, 0.2) is 0 Å². The van der Waals surface area contributed by atoms with Gasteiger partial charge in [0.25, 0.3) is 0 Å². The average Bonchev–Trinajstić information content (AvgIpc) is 2.72. The fourth-order valence-electron chi connectivity index (χ4n) is 3.23. The van der Waals surface area contributed by atoms with Crippen LogP contribution in [0.25, 0.3) is 0 Å². The second kappa shape index (κ2) is 5.67. The number of piperidine rings is 1. The van der Waals surface area contributed by atoms with Crippen LogP contribution in [0.5, 0.6) is 0 Å². The first-order valence-corrected chi connectivity index (χ1v) is 7.27. The van der Waals surface area contributed by atoms with E-state index in [9.17, 15) is 4.79 Å². The minimum absolute atomic E-state index is 0.189. The molecule has 2 rings (SSSR count). The van der Waals surface area contributed by atoms with Gasteiger partial charge in [0.05, 0.1) is 12.6 Å². The molecule has 19 heavy (non-hydrogen) atoms. The van der Waals surface area contributed by atoms with Crippen LogP contribution in [-0.4, -0.2) is 64.9 Å². The van der Waals surface area contributed by atoms with E-state index in [0.717, 1.165) is 32.4 Å². The van der Waals surface area contributed by atoms with E-state index in [-0.39, 0.29) is 18.7 Å². The van der Waals surface area contributed by atoms with Crippen molar-refractivity contribution in [2.24, 2.45) is 0 Å². The number of nitrogens with zero attached hydrogens (tertiary/aromatic N) is 2. The molecule has 2 fully saturated rings. The zero-order valence-electron chi connectivity index (χ0n) is 12.3. The predicted octanol–water partition coefficient (Wildman–Crippen LogP) is 1.45. The summed E-state index contributed by atoms with van der Waals surface area (Å²) in [4.78, 5) is 16.4. The predicted molar refractivity (Wildman–Crippen MR) is 73.0 cm³/mol. The number of carbonyl (C=O) groups is 1. The smallest absolute Gasteiger partial charge is 0.410 e. The quantitative estimate of drug-likeness (QED) is 0.825. The molecule has 0 spiro atoms. The van der Waals surface area contributed by atoms with Gasteiger partial charge in [-0.05, 0) is 46.6 Å². The molecule has 1 N–H and O–H groups in total. The van der Waals surface area contributed by atoms with Crippen LogP contribution in [0.2, 0.25) is 0 Å². The number of aliphatic hydroxyl groups excluding tert-OH is 1. The molecule has 2 atom stereocenters. The summed E-state index contributed by atoms with van der Waals surface area (Å²) in [5.74, 6) is 0. The summed E-state index contributed by atoms with van der Waals surface area (Å²) < 4.78 is 5.48. The number of aliphatic hydroxyl groups is 1. The molecular weight excluding hydrogens is 244 g/mol. The first-order valence-electron chi connectivity index (χ1n) is 7.27. The summed E-state index contributed by atoms with van der Waals surface area (Å²) in [6.45, 7) is 8.40. The molecule has 2 unspecified atom stereocenters. The summed E-state index contributed by atoms with van der Waals surface area (Å²) >= 11 is 0. The number of carbonyl (C=O) groups excluding carboxylic acids is 1. The molecule has 0 aromatic carbocycles. The minimum atomic E-state index is -0.436. The van der Waals surface area contributed by atoms with Crippen molar-refractivity contribution in [1.29, 1.82) is 0 Å². The summed E-state index contributed by atoms with van der Waals surface area (Å²) in [5, 5.41) is 9.12. The Morgan fingerprint density at radius 2 is 2.00 bits per heavy atom. The maximum Gasteiger partial charge on any atom is 0.410 e. The van der Waals surface area contributed by atoms with Gasteiger partial charge in [-0.15, -0.1) is 0 Å². The van der Waals surface area contributed by atoms with Gasteiger partial charge < -0.3 is 14.7 Å². The Labute approximate surface area is 115 Å². The van der Waals surface area contributed by atoms with Crippen LogP contribution in [0.1, 0.15) is 40.0 Å². The normalized spacial score (nSPS) is 28.3. The average molecular weight is 270 g/mol. The molecule has 110 valence electrons. The Morgan fingerprint density at radius 1 is 1.26 bits per heavy atom. The van der Waals surface area contributed by atoms with E-state index in [1.165, 1.54) is 0 Å². The van der Waals surface area contributed by atoms with Gasteiger partial charge in [0.2, 0.25) is 0 Å². The highest BCUT2D eigenvalue weighted by molar-refractivity contribution is 5.69. The number of rotatable bonds is 2. The second-order valence-electron chi connectivity index (χ2n) is 6.50. The standard InChI is InChI=1S/C14H26N2O3/c1-14(2,3)19-13(18)16-8-6-11-12(16)5-4-7-15(11)9-10-17/h11-12,17H,4-10H2,1-3H3. The van der Waals surface area contributed by atoms with Crippen LogP contribution in [-0.2, 0) is 4.74 Å². The van der Waals surface area contributed by atoms with Crippen LogP contribution in [0, 0.1) is 0 Å². The molecule has 0 aliphatic carbocycles. The van der Waals surface area contributed by atoms with E-state index in [2.05, 4.69) is 4.90 Å². The Kier molecular flexibility index (Phi) is 4.36. The maximum atomic E-state index is 12.2. The third-order valence-electron chi connectivity index (χ3n) is 3.94. The van der Waals surface area contributed by atoms with Gasteiger partial charge in [0, 0.05) is 19.1 Å². The zero-order valence-corrected chi connectivity index (χ0v) is 12.3. The fraction of sp³-hybridized carbons (Fsp3) is 0.929. The van der Waals surface area contributed by atoms with Gasteiger partial charge in [-0.2, -0.15) is 0 Å². The molecule has 0 aromatic rings. The van der Waals surface area contributed by atoms with Crippen LogP contribution >= 0.6 is 0 Å². The van der Waals surface area contributed by atoms with E-state index < -0.39 is 5.60 Å². The molecule has 1 amide bonds. The van der Waals surface area contributed by atoms with Crippen LogP contribution < -0.4 is 0 Å². The lowest BCUT2D eigenvalue weighted by molar-refractivity contribution is 0.0116. The second-order valence-corrected chi connectivity index (χ2v) is 6.50. The topological polar surface area (TPSA) is 53.0 Å². The summed E-state index contributed by atoms with van der Waals surface area (Å²) in [5.41, 5.74) is -0.436. The van der Waals surface area contributed by atoms with Gasteiger partial charge >= 0.3 is 6.09 Å². The molecule has 0 saturated carbocycles. The van der Waals surface area contributed by atoms with Crippen molar-refractivity contribution in [2.45, 2.75) is 57.7 Å². The highest BCUT2D eigenvalue weighted by atomic mass is 16.6. The molecule has 5 heteroatoms. The molecule has 5 nitrogen and oxygen atoms in total. The SMILES string of the molecule is CC(C)(C)OC(=O)N1CCC2C1CCCN2CCO. The van der Waals surface area contributed by atoms with Crippen molar-refractivity contribution in [1.82, 2.24) is 9.80 Å². The van der Waals surface area contributed by atoms with E-state index in [1.807, 2.05) is 25.7 Å². The molecule has 2 aliphatic rings. The number of likely N-dealkylation sites (tertiary alicyclic amines) is 2. The molecule has 2 saturated heterocycles. The van der Waals surface area contributed by atoms with Crippen molar-refractivity contribution in [3.8, 4) is 0 Å². The van der Waals surface area contributed by atoms with Gasteiger partial charge in [-0.1, -0.05) is 0 Å². The van der Waals surface area contributed by atoms with Crippen LogP contribution in [0.3, 0.4) is 0 Å². The first kappa shape index (κ1) is 14.6. The van der Waals surface area contributed by atoms with Crippen molar-refractivity contribution in [2.75, 3.05) is 26.2 Å². The molecule has 2 heterocycles. The first-order chi connectivity index (χ1) is 8.92. The number of fused-ring (bicyclic) bond motifs is 1. The van der Waals surface area contributed by atoms with Crippen molar-refractivity contribution in [3.05, 3.63) is 0 Å². The molecule has 0 bridgehead atoms. The third kappa shape index (κ3) is 3.39. The highest BCUT2D eigenvalue weighted by Gasteiger charge is 2.43. The van der Waals surface area contributed by atoms with Gasteiger partial charge in [-0.3, -0.25) is 4.90 Å². The Morgan fingerprint density at radius 3 is 2.63 bits per heavy atom. The largest absolute Gasteiger partial charge is 0.444 e. The summed E-state index contributed by atoms with van der Waals surface area (Å²) in [6, 6.07) is 0.656. The number of ether oxygens (including phenoxy) is 1. The lowest BCUT2D eigenvalue weighted by atomic mass is 9.97.